The van der Waals surface area contributed by atoms with Crippen LogP contribution in [-0.4, -0.2) is 26.6 Å². The fraction of sp³-hybridized carbons (Fsp3) is 0.211. The van der Waals surface area contributed by atoms with Gasteiger partial charge in [-0.3, -0.25) is 10.1 Å². The second kappa shape index (κ2) is 5.88. The topological polar surface area (TPSA) is 51.1 Å². The van der Waals surface area contributed by atoms with Crippen molar-refractivity contribution in [3.05, 3.63) is 79.3 Å². The molecule has 0 atom stereocenters. The van der Waals surface area contributed by atoms with Gasteiger partial charge in [-0.25, -0.2) is 0 Å². The number of nitrogens with zero attached hydrogens (tertiary/aromatic N) is 3. The monoisotopic (exact) mass is 403 g/mol. The van der Waals surface area contributed by atoms with E-state index in [1.54, 1.807) is 39.8 Å². The molecule has 0 spiro atoms. The van der Waals surface area contributed by atoms with E-state index in [0.717, 1.165) is 8.96 Å². The van der Waals surface area contributed by atoms with Crippen molar-refractivity contribution in [2.45, 2.75) is 27.7 Å². The Labute approximate surface area is 165 Å². The fourth-order valence-corrected chi connectivity index (χ4v) is 4.58. The molecule has 1 aromatic heterocycles. The molecule has 2 aliphatic heterocycles. The first-order valence-electron chi connectivity index (χ1n) is 8.77. The summed E-state index contributed by atoms with van der Waals surface area (Å²) in [6.07, 6.45) is 1.70. The van der Waals surface area contributed by atoms with Gasteiger partial charge in [-0.15, -0.1) is 0 Å². The summed E-state index contributed by atoms with van der Waals surface area (Å²) in [5.74, 6) is 0. The molecule has 0 unspecified atom stereocenters. The van der Waals surface area contributed by atoms with Crippen molar-refractivity contribution < 1.29 is 18.0 Å². The van der Waals surface area contributed by atoms with Gasteiger partial charge < -0.3 is 17.6 Å². The van der Waals surface area contributed by atoms with E-state index in [1.807, 2.05) is 0 Å². The van der Waals surface area contributed by atoms with Crippen LogP contribution in [0, 0.1) is 24.0 Å². The summed E-state index contributed by atoms with van der Waals surface area (Å²) in [6, 6.07) is 5.80. The van der Waals surface area contributed by atoms with Crippen LogP contribution in [0.25, 0.3) is 5.57 Å². The fourth-order valence-electron chi connectivity index (χ4n) is 4.37. The molecule has 2 aromatic rings. The largest absolute Gasteiger partial charge is 0.737 e. The maximum absolute atomic E-state index is 15.6. The molecule has 9 heteroatoms. The average molecular weight is 404 g/mol. The van der Waals surface area contributed by atoms with Gasteiger partial charge in [0.25, 0.3) is 5.69 Å². The van der Waals surface area contributed by atoms with E-state index in [4.69, 9.17) is 11.6 Å². The van der Waals surface area contributed by atoms with Crippen LogP contribution in [0.2, 0.25) is 5.02 Å². The predicted octanol–water partition coefficient (Wildman–Crippen LogP) is 5.10. The Morgan fingerprint density at radius 1 is 1.18 bits per heavy atom. The minimum absolute atomic E-state index is 0.144. The summed E-state index contributed by atoms with van der Waals surface area (Å²) in [7, 11) is 0. The minimum atomic E-state index is -4.10. The van der Waals surface area contributed by atoms with E-state index in [0.29, 0.717) is 45.1 Å². The summed E-state index contributed by atoms with van der Waals surface area (Å²) < 4.78 is 33.2. The number of nitro groups is 1. The maximum atomic E-state index is 15.6. The van der Waals surface area contributed by atoms with Crippen molar-refractivity contribution >= 4 is 35.5 Å². The molecule has 144 valence electrons. The molecular weight excluding hydrogens is 386 g/mol. The van der Waals surface area contributed by atoms with Crippen LogP contribution < -0.4 is 0 Å². The zero-order chi connectivity index (χ0) is 20.5. The minimum Gasteiger partial charge on any atom is -0.393 e. The van der Waals surface area contributed by atoms with E-state index in [2.05, 4.69) is 0 Å². The van der Waals surface area contributed by atoms with Crippen LogP contribution >= 0.6 is 11.6 Å². The van der Waals surface area contributed by atoms with Crippen LogP contribution in [-0.2, 0) is 0 Å². The molecule has 0 amide bonds. The molecule has 0 saturated carbocycles. The van der Waals surface area contributed by atoms with Crippen LogP contribution in [0.1, 0.15) is 36.4 Å². The molecule has 4 rings (SSSR count). The van der Waals surface area contributed by atoms with Crippen molar-refractivity contribution in [2.75, 3.05) is 0 Å². The number of fused-ring (bicyclic) bond motifs is 2. The van der Waals surface area contributed by atoms with E-state index in [9.17, 15) is 10.1 Å². The van der Waals surface area contributed by atoms with Crippen molar-refractivity contribution in [3.63, 3.8) is 0 Å². The van der Waals surface area contributed by atoms with Gasteiger partial charge in [-0.2, -0.15) is 0 Å². The van der Waals surface area contributed by atoms with Crippen LogP contribution in [0.4, 0.5) is 14.3 Å². The Balaban J connectivity index is 2.19. The van der Waals surface area contributed by atoms with E-state index >= 15 is 8.63 Å². The number of nitro benzene ring substituents is 1. The molecule has 0 saturated heterocycles. The van der Waals surface area contributed by atoms with E-state index in [-0.39, 0.29) is 10.7 Å². The second-order valence-electron chi connectivity index (χ2n) is 7.26. The molecule has 2 aliphatic rings. The number of aryl methyl sites for hydroxylation is 2. The van der Waals surface area contributed by atoms with E-state index in [1.165, 1.54) is 18.2 Å². The standard InChI is InChI=1S/C19H17BClF2N3O2/c1-10-7-12(3)24-18(10)17(15-9-14(26(27)28)5-6-16(15)21)19-11(2)8-13(4)25(19)20(24,22)23/h5-9H,1-4H3. The summed E-state index contributed by atoms with van der Waals surface area (Å²) >= 11 is 6.41. The van der Waals surface area contributed by atoms with Crippen LogP contribution in [0.3, 0.4) is 0 Å². The summed E-state index contributed by atoms with van der Waals surface area (Å²) in [6.45, 7) is 2.69. The number of halogens is 3. The highest BCUT2D eigenvalue weighted by atomic mass is 35.5. The molecule has 1 aromatic carbocycles. The quantitative estimate of drug-likeness (QED) is 0.398. The first kappa shape index (κ1) is 18.6. The molecular formula is C19H17BClF2N3O2. The van der Waals surface area contributed by atoms with Crippen LogP contribution in [0.15, 0.2) is 41.6 Å². The molecule has 0 radical (unpaired) electrons. The average Bonchev–Trinajstić information content (AvgIpc) is 3.06. The SMILES string of the molecule is CC1=CC(C)=[N+]2C1=C(c1cc([N+](=O)[O-])ccc1Cl)c1c(C)cc(C)n1[B-]2(F)F. The second-order valence-corrected chi connectivity index (χ2v) is 7.67. The van der Waals surface area contributed by atoms with Gasteiger partial charge in [0.05, 0.1) is 10.5 Å². The van der Waals surface area contributed by atoms with Gasteiger partial charge in [0, 0.05) is 47.0 Å². The van der Waals surface area contributed by atoms with E-state index < -0.39 is 11.9 Å². The molecule has 3 heterocycles. The van der Waals surface area contributed by atoms with Gasteiger partial charge >= 0.3 is 6.97 Å². The number of hydrogen-bond donors (Lipinski definition) is 0. The zero-order valence-corrected chi connectivity index (χ0v) is 16.5. The highest BCUT2D eigenvalue weighted by Crippen LogP contribution is 2.46. The normalized spacial score (nSPS) is 17.6. The molecule has 5 nitrogen and oxygen atoms in total. The van der Waals surface area contributed by atoms with Gasteiger partial charge in [0.1, 0.15) is 5.71 Å². The lowest BCUT2D eigenvalue weighted by Crippen LogP contribution is -2.51. The smallest absolute Gasteiger partial charge is 0.393 e. The lowest BCUT2D eigenvalue weighted by Gasteiger charge is -2.34. The molecule has 0 fully saturated rings. The number of rotatable bonds is 2. The third kappa shape index (κ3) is 2.34. The Morgan fingerprint density at radius 3 is 2.50 bits per heavy atom. The summed E-state index contributed by atoms with van der Waals surface area (Å²) in [4.78, 5) is 10.8. The van der Waals surface area contributed by atoms with Crippen LogP contribution in [0.5, 0.6) is 0 Å². The third-order valence-electron chi connectivity index (χ3n) is 5.36. The summed E-state index contributed by atoms with van der Waals surface area (Å²) in [5.41, 5.74) is 3.58. The zero-order valence-electron chi connectivity index (χ0n) is 15.8. The number of aromatic nitrogens is 1. The lowest BCUT2D eigenvalue weighted by molar-refractivity contribution is -0.384. The number of allylic oxidation sites excluding steroid dienone is 2. The Bertz CT molecular complexity index is 1180. The first-order valence-corrected chi connectivity index (χ1v) is 9.15. The Kier molecular flexibility index (Phi) is 3.91. The van der Waals surface area contributed by atoms with Gasteiger partial charge in [-0.1, -0.05) is 11.6 Å². The first-order chi connectivity index (χ1) is 13.1. The number of non-ortho nitro benzene ring substituents is 1. The Morgan fingerprint density at radius 2 is 1.86 bits per heavy atom. The highest BCUT2D eigenvalue weighted by molar-refractivity contribution is 6.58. The molecule has 0 bridgehead atoms. The van der Waals surface area contributed by atoms with Crippen molar-refractivity contribution in [3.8, 4) is 0 Å². The third-order valence-corrected chi connectivity index (χ3v) is 5.69. The lowest BCUT2D eigenvalue weighted by atomic mass is 9.83. The number of benzene rings is 1. The van der Waals surface area contributed by atoms with Gasteiger partial charge in [0.15, 0.2) is 5.70 Å². The molecule has 0 aliphatic carbocycles. The maximum Gasteiger partial charge on any atom is 0.737 e. The predicted molar refractivity (Wildman–Crippen MR) is 106 cm³/mol. The van der Waals surface area contributed by atoms with Crippen molar-refractivity contribution in [1.29, 1.82) is 0 Å². The molecule has 28 heavy (non-hydrogen) atoms. The Hall–Kier alpha value is -2.74. The summed E-state index contributed by atoms with van der Waals surface area (Å²) in [5, 5.41) is 11.6. The van der Waals surface area contributed by atoms with Gasteiger partial charge in [-0.05, 0) is 44.2 Å². The van der Waals surface area contributed by atoms with Crippen molar-refractivity contribution in [1.82, 2.24) is 4.48 Å². The van der Waals surface area contributed by atoms with Gasteiger partial charge in [0.2, 0.25) is 0 Å². The van der Waals surface area contributed by atoms with Crippen molar-refractivity contribution in [2.24, 2.45) is 0 Å². The number of hydrogen-bond acceptors (Lipinski definition) is 2. The molecule has 0 N–H and O–H groups in total. The highest BCUT2D eigenvalue weighted by Gasteiger charge is 2.55.